The van der Waals surface area contributed by atoms with E-state index in [0.29, 0.717) is 0 Å². The third-order valence-corrected chi connectivity index (χ3v) is 4.15. The zero-order valence-electron chi connectivity index (χ0n) is 10.1. The molecular weight excluding hydrogens is 256 g/mol. The van der Waals surface area contributed by atoms with Crippen LogP contribution in [-0.4, -0.2) is 10.9 Å². The summed E-state index contributed by atoms with van der Waals surface area (Å²) in [6.45, 7) is 0. The number of para-hydroxylation sites is 1. The number of thiophene rings is 1. The molecule has 0 amide bonds. The number of phenolic OH excluding ortho intramolecular Hbond substituents is 1. The van der Waals surface area contributed by atoms with E-state index in [-0.39, 0.29) is 11.6 Å². The second-order valence-corrected chi connectivity index (χ2v) is 5.38. The smallest absolute Gasteiger partial charge is 0.133 e. The van der Waals surface area contributed by atoms with Crippen LogP contribution in [0.2, 0.25) is 0 Å². The molecule has 3 aromatic rings. The highest BCUT2D eigenvalue weighted by Gasteiger charge is 2.07. The molecule has 0 spiro atoms. The van der Waals surface area contributed by atoms with Gasteiger partial charge in [-0.15, -0.1) is 11.3 Å². The lowest BCUT2D eigenvalue weighted by atomic mass is 10.0. The lowest BCUT2D eigenvalue weighted by Gasteiger charge is -2.04. The number of hydrogen-bond donors (Lipinski definition) is 3. The van der Waals surface area contributed by atoms with Crippen LogP contribution in [0.1, 0.15) is 4.88 Å². The highest BCUT2D eigenvalue weighted by atomic mass is 32.1. The van der Waals surface area contributed by atoms with E-state index in [1.807, 2.05) is 36.4 Å². The van der Waals surface area contributed by atoms with Crippen LogP contribution >= 0.6 is 11.3 Å². The van der Waals surface area contributed by atoms with Gasteiger partial charge in [-0.1, -0.05) is 24.3 Å². The van der Waals surface area contributed by atoms with Crippen LogP contribution in [-0.2, 0) is 0 Å². The number of aromatic hydroxyl groups is 1. The second kappa shape index (κ2) is 4.40. The Morgan fingerprint density at radius 2 is 1.89 bits per heavy atom. The molecule has 2 aromatic carbocycles. The molecule has 0 aliphatic carbocycles. The highest BCUT2D eigenvalue weighted by molar-refractivity contribution is 7.20. The van der Waals surface area contributed by atoms with E-state index in [1.165, 1.54) is 11.3 Å². The molecule has 4 heteroatoms. The van der Waals surface area contributed by atoms with E-state index in [4.69, 9.17) is 11.1 Å². The number of amidine groups is 1. The van der Waals surface area contributed by atoms with E-state index in [2.05, 4.69) is 0 Å². The number of phenols is 1. The standard InChI is InChI=1S/C15H12N2OS/c16-15(17)14-8-10-7-9(5-6-13(10)19-14)11-3-1-2-4-12(11)18/h1-8,18H,(H3,16,17). The van der Waals surface area contributed by atoms with Crippen LogP contribution in [0.5, 0.6) is 5.75 Å². The van der Waals surface area contributed by atoms with Crippen molar-refractivity contribution in [2.24, 2.45) is 5.73 Å². The van der Waals surface area contributed by atoms with Crippen LogP contribution in [0.4, 0.5) is 0 Å². The maximum absolute atomic E-state index is 9.88. The lowest BCUT2D eigenvalue weighted by Crippen LogP contribution is -2.08. The molecule has 19 heavy (non-hydrogen) atoms. The van der Waals surface area contributed by atoms with Crippen molar-refractivity contribution in [3.8, 4) is 16.9 Å². The summed E-state index contributed by atoms with van der Waals surface area (Å²) in [6.07, 6.45) is 0. The first-order valence-electron chi connectivity index (χ1n) is 5.81. The van der Waals surface area contributed by atoms with Crippen LogP contribution in [0, 0.1) is 5.41 Å². The Morgan fingerprint density at radius 3 is 2.63 bits per heavy atom. The Labute approximate surface area is 114 Å². The van der Waals surface area contributed by atoms with Crippen LogP contribution in [0.25, 0.3) is 21.2 Å². The average molecular weight is 268 g/mol. The van der Waals surface area contributed by atoms with Crippen molar-refractivity contribution in [2.45, 2.75) is 0 Å². The second-order valence-electron chi connectivity index (χ2n) is 4.29. The Kier molecular flexibility index (Phi) is 2.72. The van der Waals surface area contributed by atoms with Gasteiger partial charge < -0.3 is 10.8 Å². The van der Waals surface area contributed by atoms with Gasteiger partial charge in [0.1, 0.15) is 11.6 Å². The summed E-state index contributed by atoms with van der Waals surface area (Å²) < 4.78 is 1.09. The number of fused-ring (bicyclic) bond motifs is 1. The molecular formula is C15H12N2OS. The minimum Gasteiger partial charge on any atom is -0.507 e. The van der Waals surface area contributed by atoms with Gasteiger partial charge in [0.2, 0.25) is 0 Å². The van der Waals surface area contributed by atoms with Gasteiger partial charge in [0.15, 0.2) is 0 Å². The van der Waals surface area contributed by atoms with Gasteiger partial charge in [0.25, 0.3) is 0 Å². The summed E-state index contributed by atoms with van der Waals surface area (Å²) >= 11 is 1.50. The number of benzene rings is 2. The number of nitrogens with two attached hydrogens (primary N) is 1. The minimum absolute atomic E-state index is 0.0882. The van der Waals surface area contributed by atoms with Gasteiger partial charge in [-0.25, -0.2) is 0 Å². The summed E-state index contributed by atoms with van der Waals surface area (Å²) in [6, 6.07) is 15.1. The topological polar surface area (TPSA) is 70.1 Å². The fourth-order valence-electron chi connectivity index (χ4n) is 2.06. The summed E-state index contributed by atoms with van der Waals surface area (Å²) in [5.74, 6) is 0.356. The fraction of sp³-hybridized carbons (Fsp3) is 0. The normalized spacial score (nSPS) is 10.7. The van der Waals surface area contributed by atoms with Gasteiger partial charge >= 0.3 is 0 Å². The van der Waals surface area contributed by atoms with Gasteiger partial charge in [-0.05, 0) is 35.2 Å². The van der Waals surface area contributed by atoms with E-state index in [1.54, 1.807) is 12.1 Å². The van der Waals surface area contributed by atoms with Crippen LogP contribution in [0.15, 0.2) is 48.5 Å². The van der Waals surface area contributed by atoms with Crippen LogP contribution in [0.3, 0.4) is 0 Å². The molecule has 1 heterocycles. The molecule has 0 atom stereocenters. The lowest BCUT2D eigenvalue weighted by molar-refractivity contribution is 0.477. The molecule has 0 aliphatic heterocycles. The SMILES string of the molecule is N=C(N)c1cc2cc(-c3ccccc3O)ccc2s1. The summed E-state index contributed by atoms with van der Waals surface area (Å²) in [7, 11) is 0. The first kappa shape index (κ1) is 11.7. The molecule has 1 aromatic heterocycles. The molecule has 0 aliphatic rings. The molecule has 0 fully saturated rings. The largest absolute Gasteiger partial charge is 0.507 e. The molecule has 0 saturated heterocycles. The predicted molar refractivity (Wildman–Crippen MR) is 79.9 cm³/mol. The van der Waals surface area contributed by atoms with Gasteiger partial charge in [-0.2, -0.15) is 0 Å². The zero-order valence-corrected chi connectivity index (χ0v) is 10.9. The van der Waals surface area contributed by atoms with Crippen molar-refractivity contribution in [3.05, 3.63) is 53.4 Å². The number of hydrogen-bond acceptors (Lipinski definition) is 3. The third-order valence-electron chi connectivity index (χ3n) is 3.00. The van der Waals surface area contributed by atoms with E-state index < -0.39 is 0 Å². The van der Waals surface area contributed by atoms with Crippen molar-refractivity contribution in [3.63, 3.8) is 0 Å². The fourth-order valence-corrected chi connectivity index (χ4v) is 2.97. The van der Waals surface area contributed by atoms with E-state index in [9.17, 15) is 5.11 Å². The van der Waals surface area contributed by atoms with E-state index >= 15 is 0 Å². The molecule has 0 unspecified atom stereocenters. The number of rotatable bonds is 2. The minimum atomic E-state index is 0.0882. The molecule has 0 radical (unpaired) electrons. The molecule has 3 rings (SSSR count). The molecule has 3 nitrogen and oxygen atoms in total. The molecule has 94 valence electrons. The summed E-state index contributed by atoms with van der Waals surface area (Å²) in [5, 5.41) is 18.4. The van der Waals surface area contributed by atoms with Crippen LogP contribution < -0.4 is 5.73 Å². The summed E-state index contributed by atoms with van der Waals surface area (Å²) in [4.78, 5) is 0.768. The van der Waals surface area contributed by atoms with E-state index in [0.717, 1.165) is 26.1 Å². The molecule has 4 N–H and O–H groups in total. The first-order chi connectivity index (χ1) is 9.15. The zero-order chi connectivity index (χ0) is 13.4. The van der Waals surface area contributed by atoms with Gasteiger partial charge in [0.05, 0.1) is 4.88 Å². The van der Waals surface area contributed by atoms with Crippen molar-refractivity contribution in [1.29, 1.82) is 5.41 Å². The van der Waals surface area contributed by atoms with Crippen molar-refractivity contribution >= 4 is 27.3 Å². The van der Waals surface area contributed by atoms with Crippen molar-refractivity contribution in [2.75, 3.05) is 0 Å². The Hall–Kier alpha value is -2.33. The molecule has 0 saturated carbocycles. The first-order valence-corrected chi connectivity index (χ1v) is 6.63. The Balaban J connectivity index is 2.16. The van der Waals surface area contributed by atoms with Crippen molar-refractivity contribution < 1.29 is 5.11 Å². The van der Waals surface area contributed by atoms with Crippen molar-refractivity contribution in [1.82, 2.24) is 0 Å². The Bertz CT molecular complexity index is 777. The quantitative estimate of drug-likeness (QED) is 0.491. The maximum atomic E-state index is 9.88. The number of nitrogen functional groups attached to an aromatic ring is 1. The predicted octanol–water partition coefficient (Wildman–Crippen LogP) is 3.56. The number of nitrogens with one attached hydrogen (secondary N) is 1. The Morgan fingerprint density at radius 1 is 1.11 bits per heavy atom. The maximum Gasteiger partial charge on any atom is 0.133 e. The molecule has 0 bridgehead atoms. The average Bonchev–Trinajstić information content (AvgIpc) is 2.82. The monoisotopic (exact) mass is 268 g/mol. The van der Waals surface area contributed by atoms with Gasteiger partial charge in [0, 0.05) is 10.3 Å². The third kappa shape index (κ3) is 2.06. The van der Waals surface area contributed by atoms with Gasteiger partial charge in [-0.3, -0.25) is 5.41 Å². The highest BCUT2D eigenvalue weighted by Crippen LogP contribution is 2.33. The summed E-state index contributed by atoms with van der Waals surface area (Å²) in [5.41, 5.74) is 7.27.